The van der Waals surface area contributed by atoms with Gasteiger partial charge in [0, 0.05) is 11.8 Å². The topological polar surface area (TPSA) is 125 Å². The molecular weight excluding hydrogens is 352 g/mol. The van der Waals surface area contributed by atoms with Crippen LogP contribution in [0.1, 0.15) is 13.3 Å². The number of nitrogens with one attached hydrogen (secondary N) is 2. The van der Waals surface area contributed by atoms with E-state index in [1.165, 1.54) is 6.92 Å². The molecule has 2 aromatic heterocycles. The molecule has 0 saturated heterocycles. The number of aromatic amines is 1. The molecule has 1 atom stereocenters. The molecule has 0 spiro atoms. The Kier molecular flexibility index (Phi) is 4.35. The Labute approximate surface area is 141 Å². The first kappa shape index (κ1) is 16.6. The van der Waals surface area contributed by atoms with Crippen LogP contribution in [0.5, 0.6) is 0 Å². The number of thiazole rings is 1. The lowest BCUT2D eigenvalue weighted by molar-refractivity contribution is -0.120. The first-order chi connectivity index (χ1) is 11.3. The van der Waals surface area contributed by atoms with Gasteiger partial charge in [0.05, 0.1) is 28.4 Å². The second-order valence-corrected chi connectivity index (χ2v) is 8.10. The normalized spacial score (nSPS) is 13.1. The van der Waals surface area contributed by atoms with Crippen LogP contribution in [0.25, 0.3) is 21.5 Å². The van der Waals surface area contributed by atoms with E-state index < -0.39 is 22.0 Å². The number of carbonyl (C=O) groups is 1. The van der Waals surface area contributed by atoms with Gasteiger partial charge in [-0.2, -0.15) is 13.5 Å². The maximum absolute atomic E-state index is 12.2. The molecule has 1 amide bonds. The molecule has 126 valence electrons. The van der Waals surface area contributed by atoms with Crippen molar-refractivity contribution in [1.82, 2.24) is 19.9 Å². The lowest BCUT2D eigenvalue weighted by Crippen LogP contribution is -2.32. The molecule has 10 heteroatoms. The van der Waals surface area contributed by atoms with Gasteiger partial charge in [0.1, 0.15) is 0 Å². The van der Waals surface area contributed by atoms with E-state index in [9.17, 15) is 13.2 Å². The van der Waals surface area contributed by atoms with Crippen LogP contribution < -0.4 is 4.72 Å². The van der Waals surface area contributed by atoms with Gasteiger partial charge in [-0.3, -0.25) is 9.89 Å². The van der Waals surface area contributed by atoms with E-state index in [4.69, 9.17) is 5.11 Å². The minimum absolute atomic E-state index is 0.196. The number of hydrogen-bond acceptors (Lipinski definition) is 7. The molecule has 0 fully saturated rings. The van der Waals surface area contributed by atoms with Crippen LogP contribution in [0.2, 0.25) is 0 Å². The first-order valence-corrected chi connectivity index (χ1v) is 9.29. The predicted molar refractivity (Wildman–Crippen MR) is 88.8 cm³/mol. The van der Waals surface area contributed by atoms with Gasteiger partial charge in [-0.05, 0) is 25.1 Å². The lowest BCUT2D eigenvalue weighted by atomic mass is 10.1. The summed E-state index contributed by atoms with van der Waals surface area (Å²) in [4.78, 5) is 15.7. The van der Waals surface area contributed by atoms with Crippen molar-refractivity contribution in [3.05, 3.63) is 30.5 Å². The molecule has 24 heavy (non-hydrogen) atoms. The number of H-pyrrole nitrogens is 1. The van der Waals surface area contributed by atoms with E-state index in [-0.39, 0.29) is 10.8 Å². The van der Waals surface area contributed by atoms with Gasteiger partial charge in [0.15, 0.2) is 0 Å². The fourth-order valence-corrected chi connectivity index (χ4v) is 4.31. The van der Waals surface area contributed by atoms with Gasteiger partial charge in [0.2, 0.25) is 10.2 Å². The summed E-state index contributed by atoms with van der Waals surface area (Å²) >= 11 is 0.969. The van der Waals surface area contributed by atoms with E-state index in [1.54, 1.807) is 24.4 Å². The van der Waals surface area contributed by atoms with E-state index in [0.717, 1.165) is 22.6 Å². The number of fused-ring (bicyclic) bond motifs is 1. The molecule has 1 aromatic carbocycles. The van der Waals surface area contributed by atoms with Gasteiger partial charge in [-0.1, -0.05) is 6.07 Å². The maximum Gasteiger partial charge on any atom is 0.291 e. The van der Waals surface area contributed by atoms with Crippen LogP contribution in [-0.4, -0.2) is 40.7 Å². The van der Waals surface area contributed by atoms with Crippen molar-refractivity contribution in [3.63, 3.8) is 0 Å². The molecule has 0 aliphatic heterocycles. The molecule has 0 aliphatic carbocycles. The van der Waals surface area contributed by atoms with Crippen molar-refractivity contribution < 1.29 is 18.3 Å². The molecule has 2 heterocycles. The molecule has 0 aliphatic rings. The quantitative estimate of drug-likeness (QED) is 0.624. The number of rotatable bonds is 5. The minimum Gasteiger partial charge on any atom is -0.393 e. The SMILES string of the molecule is C[C@@H](O)CC(=O)NS(=O)(=O)c1nc2cc(-c3ccn[nH]3)ccc2s1. The fraction of sp³-hybridized carbons (Fsp3) is 0.214. The predicted octanol–water partition coefficient (Wildman–Crippen LogP) is 1.26. The summed E-state index contributed by atoms with van der Waals surface area (Å²) in [5.74, 6) is -0.776. The molecule has 3 rings (SSSR count). The second kappa shape index (κ2) is 6.30. The summed E-state index contributed by atoms with van der Waals surface area (Å²) in [6.45, 7) is 1.40. The molecule has 0 radical (unpaired) electrons. The van der Waals surface area contributed by atoms with Gasteiger partial charge >= 0.3 is 0 Å². The number of aromatic nitrogens is 3. The van der Waals surface area contributed by atoms with Crippen LogP contribution in [-0.2, 0) is 14.8 Å². The van der Waals surface area contributed by atoms with Crippen molar-refractivity contribution in [2.24, 2.45) is 0 Å². The first-order valence-electron chi connectivity index (χ1n) is 6.99. The summed E-state index contributed by atoms with van der Waals surface area (Å²) in [7, 11) is -4.06. The smallest absolute Gasteiger partial charge is 0.291 e. The highest BCUT2D eigenvalue weighted by molar-refractivity contribution is 7.92. The Hall–Kier alpha value is -2.30. The summed E-state index contributed by atoms with van der Waals surface area (Å²) in [5, 5.41) is 15.8. The Balaban J connectivity index is 1.91. The number of aliphatic hydroxyl groups excluding tert-OH is 1. The Bertz CT molecular complexity index is 978. The molecule has 8 nitrogen and oxygen atoms in total. The third kappa shape index (κ3) is 3.45. The fourth-order valence-electron chi connectivity index (χ4n) is 2.11. The molecule has 3 aromatic rings. The van der Waals surface area contributed by atoms with Gasteiger partial charge in [0.25, 0.3) is 10.0 Å². The number of aliphatic hydroxyl groups is 1. The van der Waals surface area contributed by atoms with Crippen LogP contribution in [0.3, 0.4) is 0 Å². The minimum atomic E-state index is -4.06. The zero-order chi connectivity index (χ0) is 17.3. The zero-order valence-electron chi connectivity index (χ0n) is 12.6. The standard InChI is InChI=1S/C14H14N4O4S2/c1-8(19)6-13(20)18-24(21,22)14-16-11-7-9(2-3-12(11)23-14)10-4-5-15-17-10/h2-5,7-8,19H,6H2,1H3,(H,15,17)(H,18,20)/t8-/m1/s1. The van der Waals surface area contributed by atoms with Crippen molar-refractivity contribution >= 4 is 37.5 Å². The monoisotopic (exact) mass is 366 g/mol. The van der Waals surface area contributed by atoms with E-state index in [2.05, 4.69) is 15.2 Å². The summed E-state index contributed by atoms with van der Waals surface area (Å²) < 4.78 is 26.8. The van der Waals surface area contributed by atoms with Crippen molar-refractivity contribution in [2.45, 2.75) is 23.8 Å². The Morgan fingerprint density at radius 3 is 2.88 bits per heavy atom. The Morgan fingerprint density at radius 2 is 2.21 bits per heavy atom. The van der Waals surface area contributed by atoms with E-state index >= 15 is 0 Å². The average Bonchev–Trinajstić information content (AvgIpc) is 3.14. The second-order valence-electron chi connectivity index (χ2n) is 5.21. The van der Waals surface area contributed by atoms with Crippen molar-refractivity contribution in [1.29, 1.82) is 0 Å². The highest BCUT2D eigenvalue weighted by Crippen LogP contribution is 2.29. The maximum atomic E-state index is 12.2. The summed E-state index contributed by atoms with van der Waals surface area (Å²) in [5.41, 5.74) is 2.13. The lowest BCUT2D eigenvalue weighted by Gasteiger charge is -2.05. The van der Waals surface area contributed by atoms with Crippen molar-refractivity contribution in [2.75, 3.05) is 0 Å². The largest absolute Gasteiger partial charge is 0.393 e. The van der Waals surface area contributed by atoms with Crippen LogP contribution >= 0.6 is 11.3 Å². The highest BCUT2D eigenvalue weighted by atomic mass is 32.2. The van der Waals surface area contributed by atoms with Gasteiger partial charge in [-0.25, -0.2) is 9.71 Å². The molecular formula is C14H14N4O4S2. The van der Waals surface area contributed by atoms with Crippen LogP contribution in [0.4, 0.5) is 0 Å². The molecule has 0 unspecified atom stereocenters. The third-order valence-electron chi connectivity index (χ3n) is 3.14. The Morgan fingerprint density at radius 1 is 1.42 bits per heavy atom. The summed E-state index contributed by atoms with van der Waals surface area (Å²) in [6, 6.07) is 7.13. The van der Waals surface area contributed by atoms with Crippen LogP contribution in [0.15, 0.2) is 34.8 Å². The molecule has 3 N–H and O–H groups in total. The zero-order valence-corrected chi connectivity index (χ0v) is 14.2. The highest BCUT2D eigenvalue weighted by Gasteiger charge is 2.23. The number of amides is 1. The van der Waals surface area contributed by atoms with Gasteiger partial charge < -0.3 is 5.11 Å². The number of hydrogen-bond donors (Lipinski definition) is 3. The third-order valence-corrected chi connectivity index (χ3v) is 5.93. The number of nitrogens with zero attached hydrogens (tertiary/aromatic N) is 2. The van der Waals surface area contributed by atoms with Gasteiger partial charge in [-0.15, -0.1) is 11.3 Å². The average molecular weight is 366 g/mol. The van der Waals surface area contributed by atoms with E-state index in [1.807, 2.05) is 10.8 Å². The van der Waals surface area contributed by atoms with Crippen molar-refractivity contribution in [3.8, 4) is 11.3 Å². The number of carbonyl (C=O) groups excluding carboxylic acids is 1. The van der Waals surface area contributed by atoms with Crippen LogP contribution in [0, 0.1) is 0 Å². The molecule has 0 saturated carbocycles. The summed E-state index contributed by atoms with van der Waals surface area (Å²) in [6.07, 6.45) is 0.398. The number of benzene rings is 1. The van der Waals surface area contributed by atoms with E-state index in [0.29, 0.717) is 10.2 Å². The molecule has 0 bridgehead atoms. The number of sulfonamides is 1.